The van der Waals surface area contributed by atoms with E-state index in [-0.39, 0.29) is 60.8 Å². The van der Waals surface area contributed by atoms with E-state index in [2.05, 4.69) is 60.3 Å². The fraction of sp³-hybridized carbons (Fsp3) is 0.588. The summed E-state index contributed by atoms with van der Waals surface area (Å²) in [5.41, 5.74) is 8.99. The molecule has 0 unspecified atom stereocenters. The molecule has 68 heavy (non-hydrogen) atoms. The monoisotopic (exact) mass is 952 g/mol. The number of hydrogen-bond donors (Lipinski definition) is 2. The summed E-state index contributed by atoms with van der Waals surface area (Å²) in [6.45, 7) is 17.0. The van der Waals surface area contributed by atoms with Crippen LogP contribution >= 0.6 is 11.3 Å². The van der Waals surface area contributed by atoms with Gasteiger partial charge in [-0.05, 0) is 81.7 Å². The largest absolute Gasteiger partial charge is 0.464 e. The average Bonchev–Trinajstić information content (AvgIpc) is 4.06. The zero-order valence-electron chi connectivity index (χ0n) is 41.2. The van der Waals surface area contributed by atoms with Crippen molar-refractivity contribution in [3.8, 4) is 22.5 Å². The van der Waals surface area contributed by atoms with Crippen LogP contribution in [0.5, 0.6) is 0 Å². The van der Waals surface area contributed by atoms with E-state index in [1.165, 1.54) is 16.3 Å². The number of amides is 5. The molecule has 2 N–H and O–H groups in total. The molecule has 4 aromatic rings. The van der Waals surface area contributed by atoms with Crippen LogP contribution in [0.1, 0.15) is 109 Å². The number of thiazole rings is 1. The number of hydrazine groups is 1. The maximum atomic E-state index is 14.6. The number of pyridine rings is 1. The minimum absolute atomic E-state index is 0.0289. The Balaban J connectivity index is 1.11. The first-order valence-corrected chi connectivity index (χ1v) is 25.3. The van der Waals surface area contributed by atoms with Crippen molar-refractivity contribution in [1.29, 1.82) is 0 Å². The Morgan fingerprint density at radius 3 is 2.59 bits per heavy atom. The number of cyclic esters (lactones) is 1. The number of aryl methyl sites for hydroxylation is 1. The van der Waals surface area contributed by atoms with Gasteiger partial charge in [-0.2, -0.15) is 0 Å². The Labute approximate surface area is 404 Å². The van der Waals surface area contributed by atoms with E-state index in [4.69, 9.17) is 19.4 Å². The van der Waals surface area contributed by atoms with Crippen LogP contribution < -0.4 is 10.7 Å². The standard InChI is InChI=1S/C51H69N9O7S/c1-10-44(62)57-28-51(29-57)19-14-21-59(51)49(65)56(8)41(31(3)4)25-42(61)53-38-24-43-54-39(27-68-43)33-17-18-40-35(23-33)36(46(58(40)11-2)34-15-12-20-52-45(34)32(5)66-9)26-50(6,7)30-67-48(64)37-16-13-22-60(55-37)47(38)63/h12,15,17-18,20,23,27,31-32,37-38,41,55H,10-11,13-14,16,19,21-22,24-26,28-30H2,1-9H3,(H,53,61)/t32-,37-,38-,41+/m0/s1. The Kier molecular flexibility index (Phi) is 14.4. The summed E-state index contributed by atoms with van der Waals surface area (Å²) in [5, 5.41) is 8.23. The highest BCUT2D eigenvalue weighted by atomic mass is 32.1. The van der Waals surface area contributed by atoms with Gasteiger partial charge in [0.2, 0.25) is 11.8 Å². The minimum atomic E-state index is -1.02. The maximum Gasteiger partial charge on any atom is 0.324 e. The van der Waals surface area contributed by atoms with E-state index >= 15 is 0 Å². The van der Waals surface area contributed by atoms with Crippen LogP contribution in [0.15, 0.2) is 41.9 Å². The number of carbonyl (C=O) groups excluding carboxylic acids is 5. The highest BCUT2D eigenvalue weighted by Gasteiger charge is 2.54. The maximum absolute atomic E-state index is 14.6. The molecule has 3 saturated heterocycles. The zero-order valence-corrected chi connectivity index (χ0v) is 42.0. The van der Waals surface area contributed by atoms with Gasteiger partial charge in [-0.25, -0.2) is 15.2 Å². The van der Waals surface area contributed by atoms with E-state index in [9.17, 15) is 24.0 Å². The second-order valence-electron chi connectivity index (χ2n) is 20.3. The van der Waals surface area contributed by atoms with Gasteiger partial charge in [0, 0.05) is 111 Å². The van der Waals surface area contributed by atoms with Gasteiger partial charge in [0.05, 0.1) is 40.3 Å². The van der Waals surface area contributed by atoms with Crippen LogP contribution in [0.2, 0.25) is 0 Å². The summed E-state index contributed by atoms with van der Waals surface area (Å²) < 4.78 is 14.3. The van der Waals surface area contributed by atoms with E-state index < -0.39 is 29.5 Å². The lowest BCUT2D eigenvalue weighted by molar-refractivity contribution is -0.155. The number of carbonyl (C=O) groups is 5. The number of benzene rings is 1. The number of rotatable bonds is 10. The van der Waals surface area contributed by atoms with Gasteiger partial charge in [-0.3, -0.25) is 29.2 Å². The van der Waals surface area contributed by atoms with Crippen molar-refractivity contribution in [2.45, 2.75) is 136 Å². The van der Waals surface area contributed by atoms with Crippen molar-refractivity contribution in [1.82, 2.24) is 45.0 Å². The molecule has 5 amide bonds. The lowest BCUT2D eigenvalue weighted by Gasteiger charge is -2.53. The molecule has 0 aliphatic carbocycles. The second-order valence-corrected chi connectivity index (χ2v) is 21.3. The number of likely N-dealkylation sites (tertiary alicyclic amines) is 2. The van der Waals surface area contributed by atoms with E-state index in [0.717, 1.165) is 57.5 Å². The van der Waals surface area contributed by atoms with Crippen molar-refractivity contribution in [2.75, 3.05) is 46.9 Å². The molecule has 4 atom stereocenters. The Hall–Kier alpha value is -5.39. The highest BCUT2D eigenvalue weighted by molar-refractivity contribution is 7.10. The summed E-state index contributed by atoms with van der Waals surface area (Å²) in [6, 6.07) is 8.04. The van der Waals surface area contributed by atoms with Gasteiger partial charge in [-0.15, -0.1) is 11.3 Å². The van der Waals surface area contributed by atoms with Crippen LogP contribution in [0, 0.1) is 11.3 Å². The molecular weight excluding hydrogens is 883 g/mol. The predicted molar refractivity (Wildman–Crippen MR) is 261 cm³/mol. The van der Waals surface area contributed by atoms with Crippen molar-refractivity contribution < 1.29 is 33.4 Å². The number of nitrogens with zero attached hydrogens (tertiary/aromatic N) is 7. The second kappa shape index (κ2) is 19.9. The minimum Gasteiger partial charge on any atom is -0.464 e. The van der Waals surface area contributed by atoms with Crippen LogP contribution in [-0.4, -0.2) is 135 Å². The van der Waals surface area contributed by atoms with Gasteiger partial charge < -0.3 is 34.1 Å². The molecular formula is C51H69N9O7S. The molecule has 17 heteroatoms. The SMILES string of the molecule is CCC(=O)N1CC2(CCCN2C(=O)N(C)[C@H](CC(=O)N[C@H]2Cc3nc(cs3)-c3ccc4c(c3)c(c(-c3cccnc3[C@H](C)OC)n4CC)CC(C)(C)COC(=O)[C@@H]3CCCN(N3)C2=O)C(C)C)C1. The molecule has 0 radical (unpaired) electrons. The first-order valence-electron chi connectivity index (χ1n) is 24.4. The number of ether oxygens (including phenoxy) is 2. The molecule has 366 valence electrons. The van der Waals surface area contributed by atoms with Crippen molar-refractivity contribution in [3.63, 3.8) is 0 Å². The van der Waals surface area contributed by atoms with Crippen LogP contribution in [-0.2, 0) is 48.0 Å². The molecule has 4 aliphatic rings. The van der Waals surface area contributed by atoms with Crippen molar-refractivity contribution in [2.24, 2.45) is 11.3 Å². The number of fused-ring (bicyclic) bond motifs is 6. The van der Waals surface area contributed by atoms with Gasteiger partial charge in [0.15, 0.2) is 0 Å². The predicted octanol–water partition coefficient (Wildman–Crippen LogP) is 6.76. The number of methoxy groups -OCH3 is 1. The Morgan fingerprint density at radius 2 is 1.87 bits per heavy atom. The molecule has 0 saturated carbocycles. The molecule has 1 spiro atoms. The quantitative estimate of drug-likeness (QED) is 0.162. The normalized spacial score (nSPS) is 21.4. The third-order valence-corrected chi connectivity index (χ3v) is 15.5. The lowest BCUT2D eigenvalue weighted by atomic mass is 9.84. The number of hydrogen-bond acceptors (Lipinski definition) is 11. The summed E-state index contributed by atoms with van der Waals surface area (Å²) in [4.78, 5) is 84.8. The van der Waals surface area contributed by atoms with Crippen LogP contribution in [0.25, 0.3) is 33.4 Å². The Morgan fingerprint density at radius 1 is 1.09 bits per heavy atom. The first kappa shape index (κ1) is 49.0. The summed E-state index contributed by atoms with van der Waals surface area (Å²) in [6.07, 6.45) is 5.38. The van der Waals surface area contributed by atoms with Crippen molar-refractivity contribution in [3.05, 3.63) is 58.2 Å². The average molecular weight is 952 g/mol. The van der Waals surface area contributed by atoms with Gasteiger partial charge >= 0.3 is 12.0 Å². The molecule has 3 aromatic heterocycles. The highest BCUT2D eigenvalue weighted by Crippen LogP contribution is 2.43. The first-order chi connectivity index (χ1) is 32.5. The fourth-order valence-electron chi connectivity index (χ4n) is 10.8. The summed E-state index contributed by atoms with van der Waals surface area (Å²) in [5.74, 6) is -1.20. The molecule has 1 aromatic carbocycles. The zero-order chi connectivity index (χ0) is 48.7. The van der Waals surface area contributed by atoms with E-state index in [1.807, 2.05) is 48.9 Å². The van der Waals surface area contributed by atoms with Crippen molar-refractivity contribution >= 4 is 52.0 Å². The smallest absolute Gasteiger partial charge is 0.324 e. The number of esters is 1. The number of nitrogens with one attached hydrogen (secondary N) is 2. The van der Waals surface area contributed by atoms with Gasteiger partial charge in [0.25, 0.3) is 5.91 Å². The van der Waals surface area contributed by atoms with E-state index in [1.54, 1.807) is 25.3 Å². The molecule has 7 heterocycles. The summed E-state index contributed by atoms with van der Waals surface area (Å²) in [7, 11) is 3.43. The molecule has 16 nitrogen and oxygen atoms in total. The van der Waals surface area contributed by atoms with Gasteiger partial charge in [0.1, 0.15) is 12.1 Å². The lowest BCUT2D eigenvalue weighted by Crippen LogP contribution is -2.71. The Bertz CT molecular complexity index is 2550. The van der Waals surface area contributed by atoms with Crippen LogP contribution in [0.3, 0.4) is 0 Å². The molecule has 8 rings (SSSR count). The topological polar surface area (TPSA) is 172 Å². The molecule has 3 fully saturated rings. The van der Waals surface area contributed by atoms with E-state index in [0.29, 0.717) is 63.4 Å². The number of urea groups is 1. The van der Waals surface area contributed by atoms with Crippen LogP contribution in [0.4, 0.5) is 4.79 Å². The third-order valence-electron chi connectivity index (χ3n) is 14.6. The molecule has 4 aliphatic heterocycles. The van der Waals surface area contributed by atoms with Gasteiger partial charge in [-0.1, -0.05) is 40.7 Å². The molecule has 6 bridgehead atoms. The summed E-state index contributed by atoms with van der Waals surface area (Å²) >= 11 is 1.43. The third kappa shape index (κ3) is 9.62. The number of aromatic nitrogens is 3. The fourth-order valence-corrected chi connectivity index (χ4v) is 11.6.